The first kappa shape index (κ1) is 12.2. The zero-order valence-corrected chi connectivity index (χ0v) is 9.65. The first-order valence-electron chi connectivity index (χ1n) is 4.34. The van der Waals surface area contributed by atoms with Crippen LogP contribution in [0.15, 0.2) is 24.3 Å². The SMILES string of the molecule is CN(C(=O)c1ccc(C#N)cc1)S(C)(=O)=O. The van der Waals surface area contributed by atoms with Gasteiger partial charge in [-0.1, -0.05) is 0 Å². The Morgan fingerprint density at radius 2 is 1.81 bits per heavy atom. The largest absolute Gasteiger partial charge is 0.268 e. The lowest BCUT2D eigenvalue weighted by molar-refractivity contribution is 0.0884. The average Bonchev–Trinajstić information content (AvgIpc) is 2.26. The van der Waals surface area contributed by atoms with Gasteiger partial charge in [-0.2, -0.15) is 5.26 Å². The number of hydrogen-bond acceptors (Lipinski definition) is 4. The molecule has 0 saturated carbocycles. The summed E-state index contributed by atoms with van der Waals surface area (Å²) in [6.07, 6.45) is 0.953. The molecule has 6 heteroatoms. The summed E-state index contributed by atoms with van der Waals surface area (Å²) in [5.41, 5.74) is 0.644. The van der Waals surface area contributed by atoms with E-state index in [2.05, 4.69) is 0 Å². The van der Waals surface area contributed by atoms with E-state index in [-0.39, 0.29) is 5.56 Å². The zero-order valence-electron chi connectivity index (χ0n) is 8.84. The third-order valence-electron chi connectivity index (χ3n) is 2.04. The summed E-state index contributed by atoms with van der Waals surface area (Å²) in [5.74, 6) is -0.619. The number of nitriles is 1. The summed E-state index contributed by atoms with van der Waals surface area (Å²) in [7, 11) is -2.36. The second-order valence-electron chi connectivity index (χ2n) is 3.22. The molecule has 5 nitrogen and oxygen atoms in total. The molecule has 0 saturated heterocycles. The molecule has 0 fully saturated rings. The van der Waals surface area contributed by atoms with Gasteiger partial charge in [0.1, 0.15) is 0 Å². The fourth-order valence-corrected chi connectivity index (χ4v) is 1.43. The molecule has 1 aromatic rings. The van der Waals surface area contributed by atoms with Crippen LogP contribution in [-0.4, -0.2) is 31.9 Å². The smallest absolute Gasteiger partial charge is 0.267 e. The van der Waals surface area contributed by atoms with Gasteiger partial charge in [-0.05, 0) is 24.3 Å². The van der Waals surface area contributed by atoms with E-state index in [1.165, 1.54) is 31.3 Å². The zero-order chi connectivity index (χ0) is 12.3. The number of benzene rings is 1. The van der Waals surface area contributed by atoms with Crippen molar-refractivity contribution < 1.29 is 13.2 Å². The molecule has 0 aliphatic heterocycles. The number of amides is 1. The Morgan fingerprint density at radius 3 is 2.19 bits per heavy atom. The fourth-order valence-electron chi connectivity index (χ4n) is 1.02. The van der Waals surface area contributed by atoms with E-state index in [0.717, 1.165) is 6.26 Å². The molecule has 1 amide bonds. The van der Waals surface area contributed by atoms with Crippen LogP contribution in [0.2, 0.25) is 0 Å². The van der Waals surface area contributed by atoms with Gasteiger partial charge >= 0.3 is 0 Å². The minimum atomic E-state index is -3.55. The lowest BCUT2D eigenvalue weighted by Gasteiger charge is -2.14. The van der Waals surface area contributed by atoms with E-state index in [1.807, 2.05) is 6.07 Å². The minimum Gasteiger partial charge on any atom is -0.268 e. The molecule has 0 N–H and O–H groups in total. The van der Waals surface area contributed by atoms with Gasteiger partial charge in [0.25, 0.3) is 5.91 Å². The second-order valence-corrected chi connectivity index (χ2v) is 5.24. The van der Waals surface area contributed by atoms with E-state index in [4.69, 9.17) is 5.26 Å². The van der Waals surface area contributed by atoms with Gasteiger partial charge in [-0.3, -0.25) is 4.79 Å². The number of sulfonamides is 1. The van der Waals surface area contributed by atoms with E-state index in [9.17, 15) is 13.2 Å². The summed E-state index contributed by atoms with van der Waals surface area (Å²) in [6, 6.07) is 7.67. The highest BCUT2D eigenvalue weighted by molar-refractivity contribution is 7.88. The van der Waals surface area contributed by atoms with Crippen molar-refractivity contribution in [2.45, 2.75) is 0 Å². The Balaban J connectivity index is 3.03. The second kappa shape index (κ2) is 4.33. The molecule has 0 radical (unpaired) electrons. The normalized spacial score (nSPS) is 10.6. The standard InChI is InChI=1S/C10H10N2O3S/c1-12(16(2,14)15)10(13)9-5-3-8(7-11)4-6-9/h3-6H,1-2H3. The van der Waals surface area contributed by atoms with E-state index in [0.29, 0.717) is 9.87 Å². The molecule has 0 atom stereocenters. The summed E-state index contributed by atoms with van der Waals surface area (Å²) in [5, 5.41) is 8.56. The Bertz CT molecular complexity index is 540. The molecule has 16 heavy (non-hydrogen) atoms. The Morgan fingerprint density at radius 1 is 1.31 bits per heavy atom. The maximum atomic E-state index is 11.7. The predicted molar refractivity (Wildman–Crippen MR) is 58.1 cm³/mol. The van der Waals surface area contributed by atoms with Crippen LogP contribution in [0.4, 0.5) is 0 Å². The molecule has 0 heterocycles. The summed E-state index contributed by atoms with van der Waals surface area (Å²) < 4.78 is 22.9. The van der Waals surface area contributed by atoms with Crippen molar-refractivity contribution in [3.05, 3.63) is 35.4 Å². The van der Waals surface area contributed by atoms with Crippen molar-refractivity contribution in [2.24, 2.45) is 0 Å². The number of carbonyl (C=O) groups is 1. The number of carbonyl (C=O) groups excluding carboxylic acids is 1. The van der Waals surface area contributed by atoms with Gasteiger partial charge in [-0.25, -0.2) is 12.7 Å². The Kier molecular flexibility index (Phi) is 3.30. The van der Waals surface area contributed by atoms with Crippen molar-refractivity contribution in [1.82, 2.24) is 4.31 Å². The maximum Gasteiger partial charge on any atom is 0.267 e. The van der Waals surface area contributed by atoms with Crippen LogP contribution in [0, 0.1) is 11.3 Å². The molecule has 1 aromatic carbocycles. The fraction of sp³-hybridized carbons (Fsp3) is 0.200. The number of rotatable bonds is 2. The van der Waals surface area contributed by atoms with Crippen LogP contribution < -0.4 is 0 Å². The van der Waals surface area contributed by atoms with Gasteiger partial charge in [-0.15, -0.1) is 0 Å². The summed E-state index contributed by atoms with van der Waals surface area (Å²) >= 11 is 0. The number of hydrogen-bond donors (Lipinski definition) is 0. The lowest BCUT2D eigenvalue weighted by Crippen LogP contribution is -2.32. The van der Waals surface area contributed by atoms with Crippen LogP contribution in [-0.2, 0) is 10.0 Å². The molecule has 0 aliphatic carbocycles. The van der Waals surface area contributed by atoms with Crippen LogP contribution in [0.25, 0.3) is 0 Å². The Labute approximate surface area is 94.0 Å². The molecular weight excluding hydrogens is 228 g/mol. The first-order chi connectivity index (χ1) is 7.36. The van der Waals surface area contributed by atoms with Crippen molar-refractivity contribution in [3.8, 4) is 6.07 Å². The third-order valence-corrected chi connectivity index (χ3v) is 3.21. The average molecular weight is 238 g/mol. The van der Waals surface area contributed by atoms with Crippen LogP contribution in [0.5, 0.6) is 0 Å². The van der Waals surface area contributed by atoms with Crippen LogP contribution >= 0.6 is 0 Å². The highest BCUT2D eigenvalue weighted by Crippen LogP contribution is 2.08. The topological polar surface area (TPSA) is 78.2 Å². The van der Waals surface area contributed by atoms with E-state index < -0.39 is 15.9 Å². The van der Waals surface area contributed by atoms with Crippen LogP contribution in [0.1, 0.15) is 15.9 Å². The molecule has 84 valence electrons. The predicted octanol–water partition coefficient (Wildman–Crippen LogP) is 0.590. The first-order valence-corrected chi connectivity index (χ1v) is 6.19. The molecule has 0 aromatic heterocycles. The van der Waals surface area contributed by atoms with Gasteiger partial charge in [0, 0.05) is 12.6 Å². The van der Waals surface area contributed by atoms with Crippen molar-refractivity contribution in [3.63, 3.8) is 0 Å². The number of nitrogens with zero attached hydrogens (tertiary/aromatic N) is 2. The molecular formula is C10H10N2O3S. The Hall–Kier alpha value is -1.87. The van der Waals surface area contributed by atoms with Crippen LogP contribution in [0.3, 0.4) is 0 Å². The van der Waals surface area contributed by atoms with Crippen molar-refractivity contribution in [1.29, 1.82) is 5.26 Å². The van der Waals surface area contributed by atoms with Gasteiger partial charge in [0.2, 0.25) is 10.0 Å². The highest BCUT2D eigenvalue weighted by Gasteiger charge is 2.19. The molecule has 0 bridgehead atoms. The van der Waals surface area contributed by atoms with E-state index in [1.54, 1.807) is 0 Å². The van der Waals surface area contributed by atoms with Gasteiger partial charge in [0.05, 0.1) is 17.9 Å². The highest BCUT2D eigenvalue weighted by atomic mass is 32.2. The maximum absolute atomic E-state index is 11.7. The summed E-state index contributed by atoms with van der Waals surface area (Å²) in [4.78, 5) is 11.7. The minimum absolute atomic E-state index is 0.229. The van der Waals surface area contributed by atoms with Gasteiger partial charge < -0.3 is 0 Å². The monoisotopic (exact) mass is 238 g/mol. The van der Waals surface area contributed by atoms with E-state index >= 15 is 0 Å². The molecule has 1 rings (SSSR count). The summed E-state index contributed by atoms with van der Waals surface area (Å²) in [6.45, 7) is 0. The molecule has 0 aliphatic rings. The molecule has 0 spiro atoms. The molecule has 0 unspecified atom stereocenters. The van der Waals surface area contributed by atoms with Crippen molar-refractivity contribution in [2.75, 3.05) is 13.3 Å². The lowest BCUT2D eigenvalue weighted by atomic mass is 10.1. The van der Waals surface area contributed by atoms with Crippen molar-refractivity contribution >= 4 is 15.9 Å². The third kappa shape index (κ3) is 2.58. The quantitative estimate of drug-likeness (QED) is 0.755. The van der Waals surface area contributed by atoms with Gasteiger partial charge in [0.15, 0.2) is 0 Å².